The molecule has 9 amide bonds. The average molecular weight is 971 g/mol. The fourth-order valence-corrected chi connectivity index (χ4v) is 7.35. The Hall–Kier alpha value is -6.95. The van der Waals surface area contributed by atoms with E-state index in [1.807, 2.05) is 0 Å². The number of carbonyl (C=O) groups is 10. The molecule has 1 saturated heterocycles. The summed E-state index contributed by atoms with van der Waals surface area (Å²) in [7, 11) is 0. The van der Waals surface area contributed by atoms with Gasteiger partial charge in [-0.3, -0.25) is 43.2 Å². The molecule has 0 bridgehead atoms. The summed E-state index contributed by atoms with van der Waals surface area (Å²) in [6.45, 7) is 5.85. The number of thiol groups is 1. The van der Waals surface area contributed by atoms with E-state index in [0.29, 0.717) is 17.5 Å². The number of likely N-dealkylation sites (tertiary alicyclic amines) is 1. The van der Waals surface area contributed by atoms with Crippen molar-refractivity contribution >= 4 is 71.8 Å². The maximum Gasteiger partial charge on any atom is 0.326 e. The normalized spacial score (nSPS) is 16.3. The van der Waals surface area contributed by atoms with Gasteiger partial charge >= 0.3 is 5.97 Å². The van der Waals surface area contributed by atoms with Gasteiger partial charge in [-0.05, 0) is 74.4 Å². The minimum Gasteiger partial charge on any atom is -0.508 e. The van der Waals surface area contributed by atoms with Crippen LogP contribution in [0.5, 0.6) is 11.5 Å². The summed E-state index contributed by atoms with van der Waals surface area (Å²) >= 11 is 4.20. The van der Waals surface area contributed by atoms with E-state index < -0.39 is 120 Å². The van der Waals surface area contributed by atoms with Crippen LogP contribution in [0.3, 0.4) is 0 Å². The van der Waals surface area contributed by atoms with Gasteiger partial charge in [-0.25, -0.2) is 4.79 Å². The van der Waals surface area contributed by atoms with Gasteiger partial charge < -0.3 is 68.9 Å². The number of nitrogens with one attached hydrogen (secondary N) is 7. The van der Waals surface area contributed by atoms with Crippen molar-refractivity contribution in [3.8, 4) is 11.5 Å². The summed E-state index contributed by atoms with van der Waals surface area (Å²) in [4.78, 5) is 132. The minimum atomic E-state index is -1.50. The Balaban J connectivity index is 1.72. The zero-order valence-corrected chi connectivity index (χ0v) is 39.0. The number of hydrogen-bond donors (Lipinski definition) is 13. The molecular formula is C44H62N10O13S. The second-order valence-electron chi connectivity index (χ2n) is 16.8. The van der Waals surface area contributed by atoms with E-state index in [0.717, 1.165) is 4.90 Å². The van der Waals surface area contributed by atoms with Crippen molar-refractivity contribution in [2.45, 2.75) is 115 Å². The Bertz CT molecular complexity index is 2140. The molecule has 3 rings (SSSR count). The predicted octanol–water partition coefficient (Wildman–Crippen LogP) is -2.80. The fraction of sp³-hybridized carbons (Fsp3) is 0.500. The smallest absolute Gasteiger partial charge is 0.326 e. The van der Waals surface area contributed by atoms with Crippen LogP contribution < -0.4 is 48.7 Å². The highest BCUT2D eigenvalue weighted by molar-refractivity contribution is 7.80. The molecule has 1 aliphatic heterocycles. The molecular weight excluding hydrogens is 909 g/mol. The molecule has 1 aliphatic rings. The standard InChI is InChI=1S/C44H62N10O13S/c1-22(2)16-29(39(61)50-30(17-25-7-11-27(55)12-8-25)40(62)52-32(44(66)67)18-26-9-13-28(56)14-10-26)49-38(60)24(4)48-41(63)33(21-68)53-42(64)34-6-5-15-54(34)43(65)31(19-35(46)57)51-37(59)23(3)47-36(58)20-45/h7-14,22-24,29-34,55-56,68H,5-6,15-21,45H2,1-4H3,(H2,46,57)(H,47,58)(H,48,63)(H,49,60)(H,50,61)(H,51,59)(H,52,62)(H,53,64)(H,66,67)/t23-,24-,29-,30-,31-,32-,33-,34-/m0/s1. The van der Waals surface area contributed by atoms with Crippen molar-refractivity contribution in [2.75, 3.05) is 18.8 Å². The van der Waals surface area contributed by atoms with Gasteiger partial charge in [0.1, 0.15) is 59.8 Å². The fourth-order valence-electron chi connectivity index (χ4n) is 7.10. The Morgan fingerprint density at radius 1 is 0.647 bits per heavy atom. The lowest BCUT2D eigenvalue weighted by atomic mass is 10.00. The highest BCUT2D eigenvalue weighted by Crippen LogP contribution is 2.20. The molecule has 2 aromatic rings. The van der Waals surface area contributed by atoms with Gasteiger partial charge in [-0.2, -0.15) is 12.6 Å². The summed E-state index contributed by atoms with van der Waals surface area (Å²) in [5, 5.41) is 46.8. The topological polar surface area (TPSA) is 371 Å². The molecule has 14 N–H and O–H groups in total. The molecule has 0 aliphatic carbocycles. The second-order valence-corrected chi connectivity index (χ2v) is 17.1. The molecule has 68 heavy (non-hydrogen) atoms. The summed E-state index contributed by atoms with van der Waals surface area (Å²) in [5.74, 6) is -9.26. The van der Waals surface area contributed by atoms with Gasteiger partial charge in [-0.15, -0.1) is 0 Å². The molecule has 0 radical (unpaired) electrons. The van der Waals surface area contributed by atoms with E-state index in [-0.39, 0.29) is 55.4 Å². The van der Waals surface area contributed by atoms with Crippen molar-refractivity contribution in [1.29, 1.82) is 0 Å². The monoisotopic (exact) mass is 970 g/mol. The van der Waals surface area contributed by atoms with Gasteiger partial charge in [0.15, 0.2) is 0 Å². The van der Waals surface area contributed by atoms with Gasteiger partial charge in [0, 0.05) is 25.1 Å². The molecule has 1 fully saturated rings. The summed E-state index contributed by atoms with van der Waals surface area (Å²) in [6.07, 6.45) is -0.385. The SMILES string of the molecule is CC(C)C[C@H](NC(=O)[C@H](C)NC(=O)[C@H](CS)NC(=O)[C@@H]1CCCN1C(=O)[C@H](CC(N)=O)NC(=O)[C@H](C)NC(=O)CN)C(=O)N[C@@H](Cc1ccc(O)cc1)C(=O)N[C@@H](Cc1ccc(O)cc1)C(=O)O. The molecule has 1 heterocycles. The highest BCUT2D eigenvalue weighted by Gasteiger charge is 2.40. The number of benzene rings is 2. The highest BCUT2D eigenvalue weighted by atomic mass is 32.1. The number of carboxylic acids is 1. The van der Waals surface area contributed by atoms with Gasteiger partial charge in [0.2, 0.25) is 53.2 Å². The van der Waals surface area contributed by atoms with E-state index in [9.17, 15) is 63.3 Å². The molecule has 23 nitrogen and oxygen atoms in total. The number of phenolic OH excluding ortho intramolecular Hbond substituents is 2. The van der Waals surface area contributed by atoms with Gasteiger partial charge in [0.05, 0.1) is 13.0 Å². The van der Waals surface area contributed by atoms with Crippen LogP contribution in [0.2, 0.25) is 0 Å². The first kappa shape index (κ1) is 55.4. The third kappa shape index (κ3) is 17.4. The van der Waals surface area contributed by atoms with E-state index in [1.165, 1.54) is 62.4 Å². The van der Waals surface area contributed by atoms with Crippen LogP contribution in [-0.4, -0.2) is 147 Å². The predicted molar refractivity (Wildman–Crippen MR) is 247 cm³/mol. The van der Waals surface area contributed by atoms with Crippen LogP contribution in [0.25, 0.3) is 0 Å². The lowest BCUT2D eigenvalue weighted by molar-refractivity contribution is -0.143. The third-order valence-electron chi connectivity index (χ3n) is 10.7. The molecule has 0 aromatic heterocycles. The number of nitrogens with two attached hydrogens (primary N) is 2. The van der Waals surface area contributed by atoms with E-state index in [2.05, 4.69) is 49.8 Å². The number of carboxylic acid groups (broad SMARTS) is 1. The average Bonchev–Trinajstić information content (AvgIpc) is 3.78. The molecule has 372 valence electrons. The number of amides is 9. The molecule has 0 saturated carbocycles. The van der Waals surface area contributed by atoms with Gasteiger partial charge in [0.25, 0.3) is 0 Å². The van der Waals surface area contributed by atoms with Gasteiger partial charge in [-0.1, -0.05) is 38.1 Å². The number of phenols is 2. The van der Waals surface area contributed by atoms with E-state index in [4.69, 9.17) is 11.5 Å². The lowest BCUT2D eigenvalue weighted by Crippen LogP contribution is -2.60. The quantitative estimate of drug-likeness (QED) is 0.0448. The number of carbonyl (C=O) groups excluding carboxylic acids is 9. The zero-order chi connectivity index (χ0) is 50.8. The lowest BCUT2D eigenvalue weighted by Gasteiger charge is -2.30. The number of aliphatic carboxylic acids is 1. The van der Waals surface area contributed by atoms with Crippen molar-refractivity contribution in [1.82, 2.24) is 42.1 Å². The van der Waals surface area contributed by atoms with Crippen molar-refractivity contribution in [2.24, 2.45) is 17.4 Å². The number of rotatable bonds is 25. The van der Waals surface area contributed by atoms with E-state index in [1.54, 1.807) is 13.8 Å². The van der Waals surface area contributed by atoms with Crippen molar-refractivity contribution in [3.63, 3.8) is 0 Å². The Morgan fingerprint density at radius 3 is 1.62 bits per heavy atom. The Kier molecular flexibility index (Phi) is 21.5. The minimum absolute atomic E-state index is 0.0415. The van der Waals surface area contributed by atoms with Crippen LogP contribution in [0.4, 0.5) is 0 Å². The molecule has 2 aromatic carbocycles. The van der Waals surface area contributed by atoms with Crippen LogP contribution in [-0.2, 0) is 60.8 Å². The largest absolute Gasteiger partial charge is 0.508 e. The first-order valence-corrected chi connectivity index (χ1v) is 22.5. The van der Waals surface area contributed by atoms with Crippen molar-refractivity contribution < 1.29 is 63.3 Å². The van der Waals surface area contributed by atoms with E-state index >= 15 is 0 Å². The summed E-state index contributed by atoms with van der Waals surface area (Å²) in [6, 6.07) is 0.943. The first-order chi connectivity index (χ1) is 32.0. The molecule has 8 atom stereocenters. The van der Waals surface area contributed by atoms with Crippen LogP contribution in [0, 0.1) is 5.92 Å². The summed E-state index contributed by atoms with van der Waals surface area (Å²) < 4.78 is 0. The van der Waals surface area contributed by atoms with Crippen molar-refractivity contribution in [3.05, 3.63) is 59.7 Å². The third-order valence-corrected chi connectivity index (χ3v) is 11.1. The summed E-state index contributed by atoms with van der Waals surface area (Å²) in [5.41, 5.74) is 11.6. The van der Waals surface area contributed by atoms with Crippen LogP contribution in [0.15, 0.2) is 48.5 Å². The maximum absolute atomic E-state index is 13.9. The first-order valence-electron chi connectivity index (χ1n) is 21.8. The maximum atomic E-state index is 13.9. The number of hydrogen-bond acceptors (Lipinski definition) is 14. The molecule has 0 unspecified atom stereocenters. The molecule has 24 heteroatoms. The number of nitrogens with zero attached hydrogens (tertiary/aromatic N) is 1. The second kappa shape index (κ2) is 26.4. The number of aromatic hydroxyl groups is 2. The Morgan fingerprint density at radius 2 is 1.12 bits per heavy atom. The number of primary amides is 1. The zero-order valence-electron chi connectivity index (χ0n) is 38.2. The van der Waals surface area contributed by atoms with Crippen LogP contribution >= 0.6 is 12.6 Å². The Labute approximate surface area is 398 Å². The molecule has 0 spiro atoms. The van der Waals surface area contributed by atoms with Crippen LogP contribution in [0.1, 0.15) is 64.5 Å².